The molecule has 0 saturated carbocycles. The molecule has 0 fully saturated rings. The largest absolute Gasteiger partial charge is 0.481 e. The second kappa shape index (κ2) is 3.81. The Morgan fingerprint density at radius 2 is 2.30 bits per heavy atom. The number of nitrogens with zero attached hydrogens (tertiary/aromatic N) is 1. The van der Waals surface area contributed by atoms with Crippen molar-refractivity contribution in [2.24, 2.45) is 5.92 Å². The van der Waals surface area contributed by atoms with E-state index in [-0.39, 0.29) is 18.9 Å². The van der Waals surface area contributed by atoms with E-state index in [1.807, 2.05) is 0 Å². The quantitative estimate of drug-likeness (QED) is 0.460. The van der Waals surface area contributed by atoms with Gasteiger partial charge in [-0.15, -0.1) is 0 Å². The molecule has 0 heterocycles. The average Bonchev–Trinajstić information content (AvgIpc) is 1.58. The summed E-state index contributed by atoms with van der Waals surface area (Å²) in [4.78, 5) is 19.3. The van der Waals surface area contributed by atoms with Gasteiger partial charge < -0.3 is 5.11 Å². The number of nitro groups is 1. The van der Waals surface area contributed by atoms with Crippen molar-refractivity contribution in [1.29, 1.82) is 0 Å². The number of carboxylic acid groups (broad SMARTS) is 1. The van der Waals surface area contributed by atoms with E-state index in [4.69, 9.17) is 5.11 Å². The van der Waals surface area contributed by atoms with Crippen molar-refractivity contribution in [1.82, 2.24) is 0 Å². The Morgan fingerprint density at radius 1 is 1.80 bits per heavy atom. The summed E-state index contributed by atoms with van der Waals surface area (Å²) >= 11 is 0. The van der Waals surface area contributed by atoms with Gasteiger partial charge in [-0.05, 0) is 0 Å². The van der Waals surface area contributed by atoms with Crippen molar-refractivity contribution in [2.75, 3.05) is 6.54 Å². The molecule has 10 heavy (non-hydrogen) atoms. The molecule has 0 aliphatic rings. The van der Waals surface area contributed by atoms with E-state index in [1.165, 1.54) is 6.92 Å². The first-order valence-corrected chi connectivity index (χ1v) is 2.86. The molecule has 0 saturated heterocycles. The first kappa shape index (κ1) is 8.87. The molecular weight excluding hydrogens is 138 g/mol. The van der Waals surface area contributed by atoms with Crippen LogP contribution in [0.4, 0.5) is 0 Å². The van der Waals surface area contributed by atoms with Crippen molar-refractivity contribution in [3.05, 3.63) is 10.1 Å². The van der Waals surface area contributed by atoms with Crippen LogP contribution in [0.2, 0.25) is 0 Å². The zero-order valence-electron chi connectivity index (χ0n) is 5.61. The molecule has 0 bridgehead atoms. The predicted molar refractivity (Wildman–Crippen MR) is 33.3 cm³/mol. The molecule has 5 nitrogen and oxygen atoms in total. The topological polar surface area (TPSA) is 80.4 Å². The minimum Gasteiger partial charge on any atom is -0.481 e. The number of hydrogen-bond acceptors (Lipinski definition) is 3. The molecule has 58 valence electrons. The zero-order chi connectivity index (χ0) is 8.15. The van der Waals surface area contributed by atoms with E-state index in [2.05, 4.69) is 0 Å². The molecular formula is C5H9NO4. The maximum atomic E-state index is 9.97. The van der Waals surface area contributed by atoms with E-state index < -0.39 is 10.9 Å². The highest BCUT2D eigenvalue weighted by Crippen LogP contribution is 2.00. The summed E-state index contributed by atoms with van der Waals surface area (Å²) in [5.41, 5.74) is 0. The third kappa shape index (κ3) is 5.02. The molecule has 0 aliphatic heterocycles. The van der Waals surface area contributed by atoms with Gasteiger partial charge in [0.25, 0.3) is 0 Å². The van der Waals surface area contributed by atoms with Gasteiger partial charge in [-0.1, -0.05) is 6.92 Å². The van der Waals surface area contributed by atoms with Crippen LogP contribution >= 0.6 is 0 Å². The van der Waals surface area contributed by atoms with Crippen LogP contribution in [-0.4, -0.2) is 22.5 Å². The highest BCUT2D eigenvalue weighted by atomic mass is 16.6. The first-order chi connectivity index (χ1) is 4.52. The number of hydrogen-bond donors (Lipinski definition) is 1. The van der Waals surface area contributed by atoms with Crippen LogP contribution in [0.1, 0.15) is 13.3 Å². The summed E-state index contributed by atoms with van der Waals surface area (Å²) < 4.78 is 0. The Balaban J connectivity index is 3.53. The normalized spacial score (nSPS) is 12.5. The maximum Gasteiger partial charge on any atom is 0.303 e. The van der Waals surface area contributed by atoms with Crippen molar-refractivity contribution in [2.45, 2.75) is 13.3 Å². The second-order valence-electron chi connectivity index (χ2n) is 2.22. The number of aliphatic carboxylic acids is 1. The lowest BCUT2D eigenvalue weighted by molar-refractivity contribution is -0.487. The SMILES string of the molecule is C[C@H](CC(=O)O)C[N+](=O)[O-]. The van der Waals surface area contributed by atoms with E-state index in [1.54, 1.807) is 0 Å². The molecule has 0 aromatic heterocycles. The van der Waals surface area contributed by atoms with E-state index in [9.17, 15) is 14.9 Å². The summed E-state index contributed by atoms with van der Waals surface area (Å²) in [6.45, 7) is 1.27. The Morgan fingerprint density at radius 3 is 2.60 bits per heavy atom. The molecule has 0 rings (SSSR count). The van der Waals surface area contributed by atoms with Gasteiger partial charge in [0.2, 0.25) is 6.54 Å². The van der Waals surface area contributed by atoms with Gasteiger partial charge >= 0.3 is 5.97 Å². The second-order valence-corrected chi connectivity index (χ2v) is 2.22. The highest BCUT2D eigenvalue weighted by Gasteiger charge is 2.12. The fourth-order valence-electron chi connectivity index (χ4n) is 0.617. The first-order valence-electron chi connectivity index (χ1n) is 2.86. The minimum atomic E-state index is -0.991. The van der Waals surface area contributed by atoms with E-state index in [0.717, 1.165) is 0 Å². The minimum absolute atomic E-state index is 0.138. The molecule has 0 amide bonds. The highest BCUT2D eigenvalue weighted by molar-refractivity contribution is 5.66. The zero-order valence-corrected chi connectivity index (χ0v) is 5.61. The summed E-state index contributed by atoms with van der Waals surface area (Å²) in [5.74, 6) is -1.37. The summed E-state index contributed by atoms with van der Waals surface area (Å²) in [7, 11) is 0. The van der Waals surface area contributed by atoms with Crippen LogP contribution < -0.4 is 0 Å². The van der Waals surface area contributed by atoms with Crippen LogP contribution in [0.25, 0.3) is 0 Å². The average molecular weight is 147 g/mol. The smallest absolute Gasteiger partial charge is 0.303 e. The number of rotatable bonds is 4. The Kier molecular flexibility index (Phi) is 3.38. The Labute approximate surface area is 57.8 Å². The number of carboxylic acids is 1. The van der Waals surface area contributed by atoms with Gasteiger partial charge in [0.15, 0.2) is 0 Å². The van der Waals surface area contributed by atoms with Gasteiger partial charge in [-0.25, -0.2) is 0 Å². The third-order valence-corrected chi connectivity index (χ3v) is 0.984. The van der Waals surface area contributed by atoms with Gasteiger partial charge in [-0.2, -0.15) is 0 Å². The monoisotopic (exact) mass is 147 g/mol. The van der Waals surface area contributed by atoms with Crippen molar-refractivity contribution in [3.8, 4) is 0 Å². The number of carbonyl (C=O) groups is 1. The lowest BCUT2D eigenvalue weighted by atomic mass is 10.1. The van der Waals surface area contributed by atoms with Crippen molar-refractivity contribution in [3.63, 3.8) is 0 Å². The molecule has 0 aliphatic carbocycles. The van der Waals surface area contributed by atoms with Gasteiger partial charge in [-0.3, -0.25) is 14.9 Å². The van der Waals surface area contributed by atoms with Crippen LogP contribution in [0, 0.1) is 16.0 Å². The van der Waals surface area contributed by atoms with Crippen molar-refractivity contribution >= 4 is 5.97 Å². The molecule has 0 radical (unpaired) electrons. The van der Waals surface area contributed by atoms with Gasteiger partial charge in [0, 0.05) is 10.8 Å². The third-order valence-electron chi connectivity index (χ3n) is 0.984. The molecule has 0 aromatic rings. The van der Waals surface area contributed by atoms with Crippen LogP contribution in [0.3, 0.4) is 0 Å². The summed E-state index contributed by atoms with van der Waals surface area (Å²) in [6, 6.07) is 0. The lowest BCUT2D eigenvalue weighted by Crippen LogP contribution is -2.14. The predicted octanol–water partition coefficient (Wildman–Crippen LogP) is 0.374. The Hall–Kier alpha value is -1.13. The lowest BCUT2D eigenvalue weighted by Gasteiger charge is -2.00. The van der Waals surface area contributed by atoms with Gasteiger partial charge in [0.1, 0.15) is 0 Å². The van der Waals surface area contributed by atoms with Crippen molar-refractivity contribution < 1.29 is 14.8 Å². The Bertz CT molecular complexity index is 129. The molecule has 0 unspecified atom stereocenters. The maximum absolute atomic E-state index is 9.97. The fourth-order valence-corrected chi connectivity index (χ4v) is 0.617. The van der Waals surface area contributed by atoms with E-state index in [0.29, 0.717) is 0 Å². The summed E-state index contributed by atoms with van der Waals surface area (Å²) in [5, 5.41) is 18.0. The molecule has 0 spiro atoms. The standard InChI is InChI=1S/C5H9NO4/c1-4(2-5(7)8)3-6(9)10/h4H,2-3H2,1H3,(H,7,8)/t4-/m1/s1. The van der Waals surface area contributed by atoms with Crippen LogP contribution in [0.15, 0.2) is 0 Å². The summed E-state index contributed by atoms with van der Waals surface area (Å²) in [6.07, 6.45) is -0.138. The van der Waals surface area contributed by atoms with E-state index >= 15 is 0 Å². The molecule has 0 aromatic carbocycles. The molecule has 1 atom stereocenters. The van der Waals surface area contributed by atoms with Gasteiger partial charge in [0.05, 0.1) is 6.42 Å². The van der Waals surface area contributed by atoms with Crippen LogP contribution in [0.5, 0.6) is 0 Å². The molecule has 5 heteroatoms. The fraction of sp³-hybridized carbons (Fsp3) is 0.800. The van der Waals surface area contributed by atoms with Crippen LogP contribution in [-0.2, 0) is 4.79 Å². The molecule has 1 N–H and O–H groups in total.